The topological polar surface area (TPSA) is 118 Å². The van der Waals surface area contributed by atoms with Crippen LogP contribution in [0.2, 0.25) is 5.02 Å². The van der Waals surface area contributed by atoms with Gasteiger partial charge in [-0.2, -0.15) is 0 Å². The van der Waals surface area contributed by atoms with E-state index in [2.05, 4.69) is 9.44 Å². The van der Waals surface area contributed by atoms with E-state index >= 15 is 0 Å². The van der Waals surface area contributed by atoms with E-state index in [0.29, 0.717) is 5.56 Å². The maximum atomic E-state index is 11.9. The van der Waals surface area contributed by atoms with E-state index in [1.165, 1.54) is 18.2 Å². The van der Waals surface area contributed by atoms with Crippen LogP contribution in [0, 0.1) is 0 Å². The molecule has 7 nitrogen and oxygen atoms in total. The monoisotopic (exact) mass is 341 g/mol. The van der Waals surface area contributed by atoms with Gasteiger partial charge in [-0.1, -0.05) is 17.7 Å². The summed E-state index contributed by atoms with van der Waals surface area (Å²) in [6.45, 7) is 0.114. The minimum absolute atomic E-state index is 0.000874. The highest BCUT2D eigenvalue weighted by molar-refractivity contribution is 7.89. The molecular formula is C10H16ClN3O4S2. The van der Waals surface area contributed by atoms with Gasteiger partial charge < -0.3 is 5.73 Å². The molecule has 1 aromatic carbocycles. The molecule has 0 fully saturated rings. The summed E-state index contributed by atoms with van der Waals surface area (Å²) in [6, 6.07) is 4.22. The second-order valence-electron chi connectivity index (χ2n) is 4.02. The minimum atomic E-state index is -3.74. The average Bonchev–Trinajstić information content (AvgIpc) is 2.33. The molecule has 1 rings (SSSR count). The van der Waals surface area contributed by atoms with Crippen LogP contribution in [0.25, 0.3) is 0 Å². The van der Waals surface area contributed by atoms with Crippen LogP contribution in [0.3, 0.4) is 0 Å². The number of benzene rings is 1. The normalized spacial score (nSPS) is 12.6. The first-order chi connectivity index (χ1) is 9.15. The molecule has 0 aliphatic carbocycles. The summed E-state index contributed by atoms with van der Waals surface area (Å²) in [5.74, 6) is 0. The van der Waals surface area contributed by atoms with Crippen molar-refractivity contribution in [2.75, 3.05) is 19.3 Å². The highest BCUT2D eigenvalue weighted by atomic mass is 35.5. The van der Waals surface area contributed by atoms with Crippen molar-refractivity contribution in [3.8, 4) is 0 Å². The fraction of sp³-hybridized carbons (Fsp3) is 0.400. The van der Waals surface area contributed by atoms with Gasteiger partial charge in [0.2, 0.25) is 20.0 Å². The van der Waals surface area contributed by atoms with Crippen LogP contribution >= 0.6 is 11.6 Å². The third-order valence-corrected chi connectivity index (χ3v) is 4.88. The Hall–Kier alpha value is -0.710. The molecule has 4 N–H and O–H groups in total. The molecule has 0 saturated heterocycles. The minimum Gasteiger partial charge on any atom is -0.326 e. The van der Waals surface area contributed by atoms with Gasteiger partial charge in [0.25, 0.3) is 0 Å². The number of nitrogens with one attached hydrogen (secondary N) is 2. The second kappa shape index (κ2) is 6.83. The summed E-state index contributed by atoms with van der Waals surface area (Å²) in [7, 11) is -7.08. The Morgan fingerprint density at radius 2 is 1.75 bits per heavy atom. The molecule has 0 heterocycles. The van der Waals surface area contributed by atoms with E-state index < -0.39 is 20.0 Å². The molecule has 0 amide bonds. The summed E-state index contributed by atoms with van der Waals surface area (Å²) < 4.78 is 50.0. The summed E-state index contributed by atoms with van der Waals surface area (Å²) in [5.41, 5.74) is 6.08. The Balaban J connectivity index is 2.72. The number of rotatable bonds is 7. The van der Waals surface area contributed by atoms with Crippen LogP contribution < -0.4 is 15.2 Å². The molecule has 0 saturated carbocycles. The number of sulfonamides is 2. The van der Waals surface area contributed by atoms with Crippen LogP contribution in [-0.2, 0) is 26.6 Å². The van der Waals surface area contributed by atoms with Crippen molar-refractivity contribution < 1.29 is 16.8 Å². The van der Waals surface area contributed by atoms with Gasteiger partial charge in [0.1, 0.15) is 0 Å². The number of halogens is 1. The zero-order valence-electron chi connectivity index (χ0n) is 10.8. The third kappa shape index (κ3) is 5.35. The van der Waals surface area contributed by atoms with Crippen molar-refractivity contribution in [2.24, 2.45) is 5.73 Å². The summed E-state index contributed by atoms with van der Waals surface area (Å²) >= 11 is 5.89. The largest absolute Gasteiger partial charge is 0.326 e. The van der Waals surface area contributed by atoms with Gasteiger partial charge in [0.15, 0.2) is 0 Å². The fourth-order valence-corrected chi connectivity index (χ4v) is 3.22. The van der Waals surface area contributed by atoms with E-state index in [-0.39, 0.29) is 29.6 Å². The van der Waals surface area contributed by atoms with Crippen LogP contribution in [0.15, 0.2) is 23.1 Å². The lowest BCUT2D eigenvalue weighted by molar-refractivity contribution is 0.573. The molecule has 0 aromatic heterocycles. The van der Waals surface area contributed by atoms with Crippen LogP contribution in [0.5, 0.6) is 0 Å². The molecule has 1 aromatic rings. The SMILES string of the molecule is CS(=O)(=O)NCCNS(=O)(=O)c1ccc(CN)c(Cl)c1. The van der Waals surface area contributed by atoms with Gasteiger partial charge in [-0.15, -0.1) is 0 Å². The van der Waals surface area contributed by atoms with Crippen LogP contribution in [0.1, 0.15) is 5.56 Å². The van der Waals surface area contributed by atoms with Crippen molar-refractivity contribution in [2.45, 2.75) is 11.4 Å². The first kappa shape index (κ1) is 17.3. The first-order valence-corrected chi connectivity index (χ1v) is 9.34. The Bertz CT molecular complexity index is 674. The standard InChI is InChI=1S/C10H16ClN3O4S2/c1-19(15,16)13-4-5-14-20(17,18)9-3-2-8(7-12)10(11)6-9/h2-3,6,13-14H,4-5,7,12H2,1H3. The zero-order chi connectivity index (χ0) is 15.4. The molecule has 114 valence electrons. The fourth-order valence-electron chi connectivity index (χ4n) is 1.37. The van der Waals surface area contributed by atoms with Crippen molar-refractivity contribution in [1.82, 2.24) is 9.44 Å². The summed E-state index contributed by atoms with van der Waals surface area (Å²) in [5, 5.41) is 0.268. The molecular weight excluding hydrogens is 326 g/mol. The van der Waals surface area contributed by atoms with Gasteiger partial charge >= 0.3 is 0 Å². The summed E-state index contributed by atoms with van der Waals surface area (Å²) in [6.07, 6.45) is 0.993. The van der Waals surface area contributed by atoms with Gasteiger partial charge in [0, 0.05) is 24.7 Å². The lowest BCUT2D eigenvalue weighted by Crippen LogP contribution is -2.34. The first-order valence-electron chi connectivity index (χ1n) is 5.58. The van der Waals surface area contributed by atoms with E-state index in [1.807, 2.05) is 0 Å². The van der Waals surface area contributed by atoms with Crippen molar-refractivity contribution >= 4 is 31.6 Å². The Morgan fingerprint density at radius 1 is 1.15 bits per heavy atom. The predicted octanol–water partition coefficient (Wildman–Crippen LogP) is -0.374. The predicted molar refractivity (Wildman–Crippen MR) is 77.4 cm³/mol. The molecule has 0 aliphatic rings. The molecule has 0 radical (unpaired) electrons. The van der Waals surface area contributed by atoms with Gasteiger partial charge in [0.05, 0.1) is 11.2 Å². The molecule has 20 heavy (non-hydrogen) atoms. The highest BCUT2D eigenvalue weighted by Crippen LogP contribution is 2.20. The van der Waals surface area contributed by atoms with Crippen LogP contribution in [0.4, 0.5) is 0 Å². The molecule has 0 unspecified atom stereocenters. The van der Waals surface area contributed by atoms with E-state index in [1.54, 1.807) is 0 Å². The van der Waals surface area contributed by atoms with E-state index in [4.69, 9.17) is 17.3 Å². The Kier molecular flexibility index (Phi) is 5.92. The maximum Gasteiger partial charge on any atom is 0.240 e. The quantitative estimate of drug-likeness (QED) is 0.584. The van der Waals surface area contributed by atoms with Gasteiger partial charge in [-0.3, -0.25) is 0 Å². The highest BCUT2D eigenvalue weighted by Gasteiger charge is 2.15. The number of hydrogen-bond donors (Lipinski definition) is 3. The Labute approximate surface area is 123 Å². The lowest BCUT2D eigenvalue weighted by Gasteiger charge is -2.09. The van der Waals surface area contributed by atoms with Gasteiger partial charge in [-0.25, -0.2) is 26.3 Å². The van der Waals surface area contributed by atoms with E-state index in [0.717, 1.165) is 6.26 Å². The maximum absolute atomic E-state index is 11.9. The number of hydrogen-bond acceptors (Lipinski definition) is 5. The molecule has 0 aliphatic heterocycles. The zero-order valence-corrected chi connectivity index (χ0v) is 13.1. The van der Waals surface area contributed by atoms with Crippen LogP contribution in [-0.4, -0.2) is 36.2 Å². The average molecular weight is 342 g/mol. The van der Waals surface area contributed by atoms with Crippen molar-refractivity contribution in [1.29, 1.82) is 0 Å². The lowest BCUT2D eigenvalue weighted by atomic mass is 10.2. The third-order valence-electron chi connectivity index (χ3n) is 2.34. The molecule has 10 heteroatoms. The smallest absolute Gasteiger partial charge is 0.240 e. The van der Waals surface area contributed by atoms with Crippen molar-refractivity contribution in [3.05, 3.63) is 28.8 Å². The van der Waals surface area contributed by atoms with Crippen molar-refractivity contribution in [3.63, 3.8) is 0 Å². The molecule has 0 spiro atoms. The second-order valence-corrected chi connectivity index (χ2v) is 8.03. The summed E-state index contributed by atoms with van der Waals surface area (Å²) in [4.78, 5) is -0.000874. The van der Waals surface area contributed by atoms with Gasteiger partial charge in [-0.05, 0) is 17.7 Å². The van der Waals surface area contributed by atoms with E-state index in [9.17, 15) is 16.8 Å². The molecule has 0 bridgehead atoms. The number of nitrogens with two attached hydrogens (primary N) is 1. The Morgan fingerprint density at radius 3 is 2.25 bits per heavy atom. The molecule has 0 atom stereocenters.